The fourth-order valence-electron chi connectivity index (χ4n) is 2.96. The van der Waals surface area contributed by atoms with Crippen LogP contribution in [0, 0.1) is 0 Å². The predicted octanol–water partition coefficient (Wildman–Crippen LogP) is 4.76. The highest BCUT2D eigenvalue weighted by Gasteiger charge is 2.16. The third-order valence-corrected chi connectivity index (χ3v) is 4.20. The molecule has 1 unspecified atom stereocenters. The maximum Gasteiger partial charge on any atom is 0.136 e. The Morgan fingerprint density at radius 3 is 2.48 bits per heavy atom. The van der Waals surface area contributed by atoms with E-state index in [9.17, 15) is 0 Å². The van der Waals surface area contributed by atoms with Gasteiger partial charge in [-0.1, -0.05) is 58.8 Å². The van der Waals surface area contributed by atoms with Crippen molar-refractivity contribution in [3.05, 3.63) is 24.5 Å². The van der Waals surface area contributed by atoms with Crippen LogP contribution in [0.5, 0.6) is 0 Å². The lowest BCUT2D eigenvalue weighted by molar-refractivity contribution is 0.493. The van der Waals surface area contributed by atoms with E-state index in [0.717, 1.165) is 5.52 Å². The lowest BCUT2D eigenvalue weighted by Gasteiger charge is -2.17. The molecule has 0 spiro atoms. The number of aromatic nitrogens is 4. The summed E-state index contributed by atoms with van der Waals surface area (Å²) in [6.45, 7) is 4.52. The molecule has 0 fully saturated rings. The molecule has 0 aliphatic carbocycles. The van der Waals surface area contributed by atoms with Crippen LogP contribution in [0.4, 0.5) is 0 Å². The number of imidazole rings is 1. The molecule has 0 saturated carbocycles. The molecular formula is C17H28N4. The summed E-state index contributed by atoms with van der Waals surface area (Å²) in [4.78, 5) is 8.80. The molecule has 0 bridgehead atoms. The van der Waals surface area contributed by atoms with E-state index < -0.39 is 0 Å². The van der Waals surface area contributed by atoms with Crippen molar-refractivity contribution in [1.29, 1.82) is 0 Å². The molecule has 0 saturated heterocycles. The molecule has 0 radical (unpaired) electrons. The smallest absolute Gasteiger partial charge is 0.136 e. The van der Waals surface area contributed by atoms with E-state index in [0.29, 0.717) is 5.92 Å². The first-order chi connectivity index (χ1) is 10.4. The molecule has 0 aliphatic heterocycles. The summed E-state index contributed by atoms with van der Waals surface area (Å²) in [5.41, 5.74) is 2.27. The first-order valence-corrected chi connectivity index (χ1v) is 8.50. The summed E-state index contributed by atoms with van der Waals surface area (Å²) in [7, 11) is 0. The maximum atomic E-state index is 4.59. The van der Waals surface area contributed by atoms with Crippen LogP contribution < -0.4 is 0 Å². The Morgan fingerprint density at radius 2 is 1.71 bits per heavy atom. The number of hydrogen-bond acceptors (Lipinski definition) is 3. The number of fused-ring (bicyclic) bond motifs is 1. The van der Waals surface area contributed by atoms with Crippen LogP contribution in [0.3, 0.4) is 0 Å². The van der Waals surface area contributed by atoms with E-state index in [1.807, 2.05) is 10.7 Å². The third kappa shape index (κ3) is 4.51. The predicted molar refractivity (Wildman–Crippen MR) is 86.4 cm³/mol. The van der Waals surface area contributed by atoms with E-state index >= 15 is 0 Å². The lowest BCUT2D eigenvalue weighted by atomic mass is 9.91. The number of unbranched alkanes of at least 4 members (excludes halogenated alkanes) is 5. The quantitative estimate of drug-likeness (QED) is 0.592. The fourth-order valence-corrected chi connectivity index (χ4v) is 2.96. The molecule has 0 aromatic carbocycles. The third-order valence-electron chi connectivity index (χ3n) is 4.20. The first-order valence-electron chi connectivity index (χ1n) is 8.50. The van der Waals surface area contributed by atoms with Crippen molar-refractivity contribution < 1.29 is 0 Å². The Labute approximate surface area is 128 Å². The van der Waals surface area contributed by atoms with Crippen molar-refractivity contribution >= 4 is 5.52 Å². The van der Waals surface area contributed by atoms with Gasteiger partial charge in [0.1, 0.15) is 18.2 Å². The van der Waals surface area contributed by atoms with E-state index in [-0.39, 0.29) is 0 Å². The Bertz CT molecular complexity index is 520. The molecule has 0 amide bonds. The average Bonchev–Trinajstić information content (AvgIpc) is 2.98. The van der Waals surface area contributed by atoms with Gasteiger partial charge in [0.2, 0.25) is 0 Å². The standard InChI is InChI=1S/C17H28N4/c1-3-5-7-9-11-15(10-8-6-4-2)17-16-12-18-14-21(16)20-13-19-17/h12-15H,3-11H2,1-2H3. The summed E-state index contributed by atoms with van der Waals surface area (Å²) in [6.07, 6.45) is 16.9. The van der Waals surface area contributed by atoms with Gasteiger partial charge < -0.3 is 0 Å². The fraction of sp³-hybridized carbons (Fsp3) is 0.706. The van der Waals surface area contributed by atoms with E-state index in [1.54, 1.807) is 12.7 Å². The van der Waals surface area contributed by atoms with Gasteiger partial charge in [0.05, 0.1) is 11.9 Å². The summed E-state index contributed by atoms with van der Waals surface area (Å²) in [5.74, 6) is 0.551. The van der Waals surface area contributed by atoms with Gasteiger partial charge in [0.25, 0.3) is 0 Å². The minimum atomic E-state index is 0.551. The first kappa shape index (κ1) is 15.9. The van der Waals surface area contributed by atoms with Gasteiger partial charge in [-0.3, -0.25) is 0 Å². The number of nitrogens with zero attached hydrogens (tertiary/aromatic N) is 4. The minimum Gasteiger partial charge on any atom is -0.242 e. The van der Waals surface area contributed by atoms with E-state index in [1.165, 1.54) is 63.5 Å². The van der Waals surface area contributed by atoms with Crippen molar-refractivity contribution in [3.8, 4) is 0 Å². The van der Waals surface area contributed by atoms with Crippen LogP contribution in [0.15, 0.2) is 18.9 Å². The zero-order chi connectivity index (χ0) is 14.9. The molecule has 4 heteroatoms. The molecular weight excluding hydrogens is 260 g/mol. The summed E-state index contributed by atoms with van der Waals surface area (Å²) < 4.78 is 1.85. The van der Waals surface area contributed by atoms with Crippen molar-refractivity contribution in [3.63, 3.8) is 0 Å². The summed E-state index contributed by atoms with van der Waals surface area (Å²) in [5, 5.41) is 4.23. The minimum absolute atomic E-state index is 0.551. The number of hydrogen-bond donors (Lipinski definition) is 0. The maximum absolute atomic E-state index is 4.59. The molecule has 4 nitrogen and oxygen atoms in total. The Hall–Kier alpha value is -1.45. The SMILES string of the molecule is CCCCCCC(CCCCC)c1ncnn2cncc12. The molecule has 0 N–H and O–H groups in total. The van der Waals surface area contributed by atoms with Crippen LogP contribution in [0.25, 0.3) is 5.52 Å². The number of rotatable bonds is 10. The molecule has 2 aromatic rings. The summed E-state index contributed by atoms with van der Waals surface area (Å²) in [6, 6.07) is 0. The normalized spacial score (nSPS) is 12.9. The molecule has 2 heterocycles. The van der Waals surface area contributed by atoms with Crippen LogP contribution >= 0.6 is 0 Å². The molecule has 116 valence electrons. The molecule has 21 heavy (non-hydrogen) atoms. The van der Waals surface area contributed by atoms with E-state index in [2.05, 4.69) is 28.9 Å². The summed E-state index contributed by atoms with van der Waals surface area (Å²) >= 11 is 0. The molecule has 2 rings (SSSR count). The van der Waals surface area contributed by atoms with Gasteiger partial charge in [0.15, 0.2) is 0 Å². The second kappa shape index (κ2) is 8.75. The van der Waals surface area contributed by atoms with Crippen LogP contribution in [-0.4, -0.2) is 19.6 Å². The van der Waals surface area contributed by atoms with Gasteiger partial charge in [0, 0.05) is 5.92 Å². The average molecular weight is 288 g/mol. The molecule has 1 atom stereocenters. The van der Waals surface area contributed by atoms with E-state index in [4.69, 9.17) is 0 Å². The Morgan fingerprint density at radius 1 is 1.00 bits per heavy atom. The van der Waals surface area contributed by atoms with Crippen molar-refractivity contribution in [2.45, 2.75) is 77.6 Å². The second-order valence-electron chi connectivity index (χ2n) is 5.91. The molecule has 0 aliphatic rings. The zero-order valence-corrected chi connectivity index (χ0v) is 13.5. The zero-order valence-electron chi connectivity index (χ0n) is 13.5. The highest BCUT2D eigenvalue weighted by atomic mass is 15.3. The largest absolute Gasteiger partial charge is 0.242 e. The topological polar surface area (TPSA) is 43.1 Å². The highest BCUT2D eigenvalue weighted by molar-refractivity contribution is 5.49. The van der Waals surface area contributed by atoms with Gasteiger partial charge in [-0.2, -0.15) is 5.10 Å². The van der Waals surface area contributed by atoms with Gasteiger partial charge in [-0.15, -0.1) is 0 Å². The Balaban J connectivity index is 2.07. The molecule has 2 aromatic heterocycles. The monoisotopic (exact) mass is 288 g/mol. The van der Waals surface area contributed by atoms with Crippen LogP contribution in [0.1, 0.15) is 83.2 Å². The van der Waals surface area contributed by atoms with Crippen molar-refractivity contribution in [2.75, 3.05) is 0 Å². The van der Waals surface area contributed by atoms with Gasteiger partial charge in [-0.25, -0.2) is 14.5 Å². The Kier molecular flexibility index (Phi) is 6.64. The van der Waals surface area contributed by atoms with Crippen molar-refractivity contribution in [2.24, 2.45) is 0 Å². The van der Waals surface area contributed by atoms with Gasteiger partial charge in [-0.05, 0) is 12.8 Å². The van der Waals surface area contributed by atoms with Crippen molar-refractivity contribution in [1.82, 2.24) is 19.6 Å². The highest BCUT2D eigenvalue weighted by Crippen LogP contribution is 2.29. The van der Waals surface area contributed by atoms with Gasteiger partial charge >= 0.3 is 0 Å². The second-order valence-corrected chi connectivity index (χ2v) is 5.91. The van der Waals surface area contributed by atoms with Crippen LogP contribution in [-0.2, 0) is 0 Å². The van der Waals surface area contributed by atoms with Crippen LogP contribution in [0.2, 0.25) is 0 Å². The lowest BCUT2D eigenvalue weighted by Crippen LogP contribution is -2.06.